The summed E-state index contributed by atoms with van der Waals surface area (Å²) in [6.45, 7) is 7.98. The highest BCUT2D eigenvalue weighted by Crippen LogP contribution is 2.12. The SMILES string of the molecule is CC(C)NC1CCCN(CCc2ccco2)C1. The van der Waals surface area contributed by atoms with Crippen LogP contribution in [0.3, 0.4) is 0 Å². The molecule has 0 radical (unpaired) electrons. The highest BCUT2D eigenvalue weighted by molar-refractivity contribution is 4.98. The molecular weight excluding hydrogens is 212 g/mol. The number of likely N-dealkylation sites (tertiary alicyclic amines) is 1. The number of hydrogen-bond donors (Lipinski definition) is 1. The van der Waals surface area contributed by atoms with Crippen LogP contribution in [0.4, 0.5) is 0 Å². The van der Waals surface area contributed by atoms with Gasteiger partial charge in [0.2, 0.25) is 0 Å². The van der Waals surface area contributed by atoms with Crippen LogP contribution in [-0.2, 0) is 6.42 Å². The molecule has 0 bridgehead atoms. The zero-order valence-corrected chi connectivity index (χ0v) is 11.0. The predicted octanol–water partition coefficient (Wildman–Crippen LogP) is 2.28. The third-order valence-corrected chi connectivity index (χ3v) is 3.33. The molecule has 3 nitrogen and oxygen atoms in total. The van der Waals surface area contributed by atoms with Crippen LogP contribution in [0, 0.1) is 0 Å². The Hall–Kier alpha value is -0.800. The van der Waals surface area contributed by atoms with Gasteiger partial charge in [-0.15, -0.1) is 0 Å². The fourth-order valence-electron chi connectivity index (χ4n) is 2.59. The summed E-state index contributed by atoms with van der Waals surface area (Å²) in [7, 11) is 0. The summed E-state index contributed by atoms with van der Waals surface area (Å²) in [5, 5.41) is 3.64. The monoisotopic (exact) mass is 236 g/mol. The van der Waals surface area contributed by atoms with E-state index in [-0.39, 0.29) is 0 Å². The lowest BCUT2D eigenvalue weighted by atomic mass is 10.0. The number of nitrogens with one attached hydrogen (secondary N) is 1. The van der Waals surface area contributed by atoms with Gasteiger partial charge in [-0.05, 0) is 31.5 Å². The van der Waals surface area contributed by atoms with Gasteiger partial charge in [0.1, 0.15) is 5.76 Å². The molecular formula is C14H24N2O. The van der Waals surface area contributed by atoms with E-state index in [9.17, 15) is 0 Å². The molecule has 1 aliphatic rings. The summed E-state index contributed by atoms with van der Waals surface area (Å²) in [6, 6.07) is 5.29. The molecule has 0 spiro atoms. The Kier molecular flexibility index (Phi) is 4.63. The Morgan fingerprint density at radius 2 is 2.41 bits per heavy atom. The van der Waals surface area contributed by atoms with Crippen molar-refractivity contribution in [2.45, 2.75) is 45.2 Å². The van der Waals surface area contributed by atoms with E-state index in [1.165, 1.54) is 25.9 Å². The molecule has 1 unspecified atom stereocenters. The van der Waals surface area contributed by atoms with Crippen LogP contribution >= 0.6 is 0 Å². The molecule has 1 aromatic rings. The topological polar surface area (TPSA) is 28.4 Å². The molecule has 1 saturated heterocycles. The van der Waals surface area contributed by atoms with Gasteiger partial charge in [-0.2, -0.15) is 0 Å². The van der Waals surface area contributed by atoms with Crippen molar-refractivity contribution in [1.29, 1.82) is 0 Å². The van der Waals surface area contributed by atoms with Crippen molar-refractivity contribution >= 4 is 0 Å². The van der Waals surface area contributed by atoms with Crippen LogP contribution in [0.15, 0.2) is 22.8 Å². The molecule has 96 valence electrons. The third kappa shape index (κ3) is 4.17. The highest BCUT2D eigenvalue weighted by Gasteiger charge is 2.19. The van der Waals surface area contributed by atoms with Crippen molar-refractivity contribution < 1.29 is 4.42 Å². The van der Waals surface area contributed by atoms with Gasteiger partial charge in [-0.25, -0.2) is 0 Å². The number of furan rings is 1. The fourth-order valence-corrected chi connectivity index (χ4v) is 2.59. The number of hydrogen-bond acceptors (Lipinski definition) is 3. The second kappa shape index (κ2) is 6.22. The molecule has 1 aromatic heterocycles. The molecule has 2 rings (SSSR count). The highest BCUT2D eigenvalue weighted by atomic mass is 16.3. The number of nitrogens with zero attached hydrogens (tertiary/aromatic N) is 1. The van der Waals surface area contributed by atoms with Gasteiger partial charge in [0.25, 0.3) is 0 Å². The van der Waals surface area contributed by atoms with E-state index in [0.717, 1.165) is 18.7 Å². The van der Waals surface area contributed by atoms with E-state index >= 15 is 0 Å². The van der Waals surface area contributed by atoms with Crippen molar-refractivity contribution in [3.63, 3.8) is 0 Å². The Bertz CT molecular complexity index is 308. The van der Waals surface area contributed by atoms with Crippen LogP contribution < -0.4 is 5.32 Å². The van der Waals surface area contributed by atoms with E-state index in [2.05, 4.69) is 30.1 Å². The van der Waals surface area contributed by atoms with Crippen LogP contribution in [0.1, 0.15) is 32.4 Å². The summed E-state index contributed by atoms with van der Waals surface area (Å²) in [4.78, 5) is 2.55. The first kappa shape index (κ1) is 12.7. The smallest absolute Gasteiger partial charge is 0.105 e. The first-order chi connectivity index (χ1) is 8.24. The van der Waals surface area contributed by atoms with Gasteiger partial charge in [0.05, 0.1) is 6.26 Å². The maximum Gasteiger partial charge on any atom is 0.105 e. The average Bonchev–Trinajstić information content (AvgIpc) is 2.79. The zero-order chi connectivity index (χ0) is 12.1. The summed E-state index contributed by atoms with van der Waals surface area (Å²) >= 11 is 0. The van der Waals surface area contributed by atoms with E-state index in [1.807, 2.05) is 6.07 Å². The Morgan fingerprint density at radius 3 is 3.12 bits per heavy atom. The molecule has 2 heterocycles. The molecule has 0 aliphatic carbocycles. The first-order valence-corrected chi connectivity index (χ1v) is 6.75. The lowest BCUT2D eigenvalue weighted by molar-refractivity contribution is 0.184. The molecule has 17 heavy (non-hydrogen) atoms. The minimum atomic E-state index is 0.588. The summed E-state index contributed by atoms with van der Waals surface area (Å²) in [6.07, 6.45) is 5.41. The molecule has 3 heteroatoms. The van der Waals surface area contributed by atoms with Crippen LogP contribution in [0.25, 0.3) is 0 Å². The van der Waals surface area contributed by atoms with Gasteiger partial charge in [0.15, 0.2) is 0 Å². The van der Waals surface area contributed by atoms with E-state index < -0.39 is 0 Å². The maximum absolute atomic E-state index is 5.37. The van der Waals surface area contributed by atoms with Crippen LogP contribution in [-0.4, -0.2) is 36.6 Å². The second-order valence-corrected chi connectivity index (χ2v) is 5.29. The average molecular weight is 236 g/mol. The van der Waals surface area contributed by atoms with Crippen LogP contribution in [0.2, 0.25) is 0 Å². The number of piperidine rings is 1. The first-order valence-electron chi connectivity index (χ1n) is 6.75. The normalized spacial score (nSPS) is 22.2. The van der Waals surface area contributed by atoms with Gasteiger partial charge < -0.3 is 14.6 Å². The van der Waals surface area contributed by atoms with Crippen molar-refractivity contribution in [2.75, 3.05) is 19.6 Å². The Morgan fingerprint density at radius 1 is 1.53 bits per heavy atom. The van der Waals surface area contributed by atoms with Gasteiger partial charge in [-0.3, -0.25) is 0 Å². The minimum Gasteiger partial charge on any atom is -0.469 e. The molecule has 1 aliphatic heterocycles. The lowest BCUT2D eigenvalue weighted by Crippen LogP contribution is -2.48. The van der Waals surface area contributed by atoms with Crippen molar-refractivity contribution in [3.05, 3.63) is 24.2 Å². The second-order valence-electron chi connectivity index (χ2n) is 5.29. The quantitative estimate of drug-likeness (QED) is 0.850. The standard InChI is InChI=1S/C14H24N2O/c1-12(2)15-13-5-3-8-16(11-13)9-7-14-6-4-10-17-14/h4,6,10,12-13,15H,3,5,7-9,11H2,1-2H3. The maximum atomic E-state index is 5.37. The molecule has 0 amide bonds. The summed E-state index contributed by atoms with van der Waals surface area (Å²) < 4.78 is 5.37. The molecule has 1 fully saturated rings. The summed E-state index contributed by atoms with van der Waals surface area (Å²) in [5.74, 6) is 1.10. The van der Waals surface area contributed by atoms with E-state index in [4.69, 9.17) is 4.42 Å². The number of rotatable bonds is 5. The van der Waals surface area contributed by atoms with Gasteiger partial charge in [-0.1, -0.05) is 13.8 Å². The third-order valence-electron chi connectivity index (χ3n) is 3.33. The van der Waals surface area contributed by atoms with Crippen molar-refractivity contribution in [3.8, 4) is 0 Å². The molecule has 0 aromatic carbocycles. The predicted molar refractivity (Wildman–Crippen MR) is 70.1 cm³/mol. The molecule has 1 atom stereocenters. The van der Waals surface area contributed by atoms with Gasteiger partial charge >= 0.3 is 0 Å². The largest absolute Gasteiger partial charge is 0.469 e. The lowest BCUT2D eigenvalue weighted by Gasteiger charge is -2.34. The minimum absolute atomic E-state index is 0.588. The zero-order valence-electron chi connectivity index (χ0n) is 11.0. The Balaban J connectivity index is 1.73. The van der Waals surface area contributed by atoms with Crippen LogP contribution in [0.5, 0.6) is 0 Å². The van der Waals surface area contributed by atoms with Crippen molar-refractivity contribution in [2.24, 2.45) is 0 Å². The summed E-state index contributed by atoms with van der Waals surface area (Å²) in [5.41, 5.74) is 0. The van der Waals surface area contributed by atoms with Gasteiger partial charge in [0, 0.05) is 31.6 Å². The van der Waals surface area contributed by atoms with Crippen molar-refractivity contribution in [1.82, 2.24) is 10.2 Å². The van der Waals surface area contributed by atoms with E-state index in [1.54, 1.807) is 6.26 Å². The Labute approximate surface area is 104 Å². The fraction of sp³-hybridized carbons (Fsp3) is 0.714. The van der Waals surface area contributed by atoms with E-state index in [0.29, 0.717) is 12.1 Å². The molecule has 0 saturated carbocycles. The molecule has 1 N–H and O–H groups in total.